The highest BCUT2D eigenvalue weighted by atomic mass is 35.5. The van der Waals surface area contributed by atoms with E-state index in [0.29, 0.717) is 6.07 Å². The van der Waals surface area contributed by atoms with E-state index in [0.717, 1.165) is 18.2 Å². The van der Waals surface area contributed by atoms with Crippen molar-refractivity contribution in [1.29, 1.82) is 0 Å². The van der Waals surface area contributed by atoms with Crippen molar-refractivity contribution in [2.75, 3.05) is 10.6 Å². The Morgan fingerprint density at radius 1 is 0.933 bits per heavy atom. The zero-order valence-electron chi connectivity index (χ0n) is 14.9. The number of pyridine rings is 1. The predicted octanol–water partition coefficient (Wildman–Crippen LogP) is 5.40. The zero-order valence-corrected chi connectivity index (χ0v) is 15.7. The highest BCUT2D eigenvalue weighted by molar-refractivity contribution is 6.29. The molecule has 0 fully saturated rings. The van der Waals surface area contributed by atoms with Crippen molar-refractivity contribution in [3.05, 3.63) is 88.5 Å². The van der Waals surface area contributed by atoms with Crippen molar-refractivity contribution in [3.63, 3.8) is 0 Å². The molecule has 0 aliphatic rings. The second-order valence-electron chi connectivity index (χ2n) is 6.01. The van der Waals surface area contributed by atoms with Gasteiger partial charge >= 0.3 is 6.18 Å². The molecule has 0 atom stereocenters. The van der Waals surface area contributed by atoms with Gasteiger partial charge in [-0.1, -0.05) is 23.7 Å². The van der Waals surface area contributed by atoms with Crippen LogP contribution >= 0.6 is 11.6 Å². The third-order valence-electron chi connectivity index (χ3n) is 3.94. The Balaban J connectivity index is 1.88. The highest BCUT2D eigenvalue weighted by Gasteiger charge is 2.34. The van der Waals surface area contributed by atoms with Gasteiger partial charge in [0.2, 0.25) is 0 Å². The molecule has 1 heterocycles. The molecule has 3 aromatic rings. The Bertz CT molecular complexity index is 1120. The number of carbonyl (C=O) groups is 2. The summed E-state index contributed by atoms with van der Waals surface area (Å²) in [6.45, 7) is 0. The van der Waals surface area contributed by atoms with Crippen LogP contribution in [0.5, 0.6) is 0 Å². The number of hydrogen-bond acceptors (Lipinski definition) is 3. The maximum atomic E-state index is 13.7. The number of aromatic nitrogens is 1. The van der Waals surface area contributed by atoms with Gasteiger partial charge in [-0.05, 0) is 42.5 Å². The van der Waals surface area contributed by atoms with Crippen LogP contribution in [0.25, 0.3) is 0 Å². The van der Waals surface area contributed by atoms with Gasteiger partial charge in [0.1, 0.15) is 11.0 Å². The van der Waals surface area contributed by atoms with Crippen LogP contribution in [0.1, 0.15) is 26.3 Å². The lowest BCUT2D eigenvalue weighted by atomic mass is 10.1. The van der Waals surface area contributed by atoms with Gasteiger partial charge in [-0.3, -0.25) is 9.59 Å². The van der Waals surface area contributed by atoms with Crippen molar-refractivity contribution < 1.29 is 27.2 Å². The third-order valence-corrected chi connectivity index (χ3v) is 4.14. The molecule has 0 bridgehead atoms. The quantitative estimate of drug-likeness (QED) is 0.424. The van der Waals surface area contributed by atoms with Gasteiger partial charge < -0.3 is 10.6 Å². The van der Waals surface area contributed by atoms with E-state index in [9.17, 15) is 27.2 Å². The van der Waals surface area contributed by atoms with Crippen molar-refractivity contribution in [1.82, 2.24) is 4.98 Å². The van der Waals surface area contributed by atoms with Gasteiger partial charge in [-0.2, -0.15) is 13.2 Å². The molecule has 10 heteroatoms. The maximum Gasteiger partial charge on any atom is 0.418 e. The Morgan fingerprint density at radius 3 is 2.33 bits per heavy atom. The van der Waals surface area contributed by atoms with Crippen molar-refractivity contribution >= 4 is 34.8 Å². The molecule has 0 unspecified atom stereocenters. The average molecular weight is 438 g/mol. The van der Waals surface area contributed by atoms with Gasteiger partial charge in [0.15, 0.2) is 0 Å². The SMILES string of the molecule is O=C(Nc1ccc(NC(=O)c2ccccc2F)cc1C(F)(F)F)c1ccnc(Cl)c1. The molecule has 3 rings (SSSR count). The first kappa shape index (κ1) is 21.3. The van der Waals surface area contributed by atoms with Crippen LogP contribution in [-0.4, -0.2) is 16.8 Å². The minimum atomic E-state index is -4.84. The smallest absolute Gasteiger partial charge is 0.322 e. The number of anilines is 2. The first-order valence-corrected chi connectivity index (χ1v) is 8.73. The van der Waals surface area contributed by atoms with E-state index in [1.165, 1.54) is 36.5 Å². The average Bonchev–Trinajstić information content (AvgIpc) is 2.68. The normalized spacial score (nSPS) is 11.1. The highest BCUT2D eigenvalue weighted by Crippen LogP contribution is 2.37. The minimum absolute atomic E-state index is 0.00454. The Morgan fingerprint density at radius 2 is 1.67 bits per heavy atom. The van der Waals surface area contributed by atoms with Crippen LogP contribution in [0.15, 0.2) is 60.8 Å². The number of carbonyl (C=O) groups excluding carboxylic acids is 2. The fourth-order valence-corrected chi connectivity index (χ4v) is 2.72. The van der Waals surface area contributed by atoms with E-state index in [1.807, 2.05) is 0 Å². The molecule has 0 saturated carbocycles. The van der Waals surface area contributed by atoms with Crippen LogP contribution in [-0.2, 0) is 6.18 Å². The number of halogens is 5. The summed E-state index contributed by atoms with van der Waals surface area (Å²) < 4.78 is 54.3. The van der Waals surface area contributed by atoms with E-state index >= 15 is 0 Å². The van der Waals surface area contributed by atoms with Crippen molar-refractivity contribution in [2.24, 2.45) is 0 Å². The number of nitrogens with one attached hydrogen (secondary N) is 2. The summed E-state index contributed by atoms with van der Waals surface area (Å²) in [5.74, 6) is -2.55. The lowest BCUT2D eigenvalue weighted by molar-refractivity contribution is -0.136. The summed E-state index contributed by atoms with van der Waals surface area (Å²) in [7, 11) is 0. The number of benzene rings is 2. The lowest BCUT2D eigenvalue weighted by Crippen LogP contribution is -2.18. The second kappa shape index (κ2) is 8.50. The largest absolute Gasteiger partial charge is 0.418 e. The number of rotatable bonds is 4. The van der Waals surface area contributed by atoms with Gasteiger partial charge in [-0.25, -0.2) is 9.37 Å². The molecule has 0 spiro atoms. The van der Waals surface area contributed by atoms with Crippen LogP contribution < -0.4 is 10.6 Å². The Labute approximate surface area is 172 Å². The zero-order chi connectivity index (χ0) is 21.9. The molecule has 2 aromatic carbocycles. The third kappa shape index (κ3) is 4.93. The van der Waals surface area contributed by atoms with Crippen LogP contribution in [0.3, 0.4) is 0 Å². The molecular weight excluding hydrogens is 426 g/mol. The Hall–Kier alpha value is -3.46. The second-order valence-corrected chi connectivity index (χ2v) is 6.40. The van der Waals surface area contributed by atoms with E-state index < -0.39 is 35.1 Å². The summed E-state index contributed by atoms with van der Waals surface area (Å²) in [4.78, 5) is 28.1. The van der Waals surface area contributed by atoms with Crippen LogP contribution in [0, 0.1) is 5.82 Å². The molecule has 0 aliphatic heterocycles. The van der Waals surface area contributed by atoms with Crippen molar-refractivity contribution in [2.45, 2.75) is 6.18 Å². The number of hydrogen-bond donors (Lipinski definition) is 2. The standard InChI is InChI=1S/C20H12ClF4N3O2/c21-17-9-11(7-8-26-17)18(29)28-16-6-5-12(10-14(16)20(23,24)25)27-19(30)13-3-1-2-4-15(13)22/h1-10H,(H,27,30)(H,28,29). The summed E-state index contributed by atoms with van der Waals surface area (Å²) in [6.07, 6.45) is -3.60. The van der Waals surface area contributed by atoms with Gasteiger partial charge in [0.05, 0.1) is 16.8 Å². The molecule has 154 valence electrons. The number of amides is 2. The van der Waals surface area contributed by atoms with E-state index in [-0.39, 0.29) is 22.0 Å². The number of nitrogens with zero attached hydrogens (tertiary/aromatic N) is 1. The number of alkyl halides is 3. The van der Waals surface area contributed by atoms with E-state index in [4.69, 9.17) is 11.6 Å². The van der Waals surface area contributed by atoms with Crippen LogP contribution in [0.2, 0.25) is 5.15 Å². The molecular formula is C20H12ClF4N3O2. The maximum absolute atomic E-state index is 13.7. The van der Waals surface area contributed by atoms with Crippen molar-refractivity contribution in [3.8, 4) is 0 Å². The topological polar surface area (TPSA) is 71.1 Å². The first-order valence-electron chi connectivity index (χ1n) is 8.35. The summed E-state index contributed by atoms with van der Waals surface area (Å²) >= 11 is 5.69. The summed E-state index contributed by atoms with van der Waals surface area (Å²) in [6, 6.07) is 10.3. The molecule has 5 nitrogen and oxygen atoms in total. The molecule has 0 aliphatic carbocycles. The van der Waals surface area contributed by atoms with Gasteiger partial charge in [0, 0.05) is 17.4 Å². The molecule has 0 radical (unpaired) electrons. The molecule has 30 heavy (non-hydrogen) atoms. The monoisotopic (exact) mass is 437 g/mol. The summed E-state index contributed by atoms with van der Waals surface area (Å²) in [5.41, 5.74) is -2.25. The van der Waals surface area contributed by atoms with Crippen LogP contribution in [0.4, 0.5) is 28.9 Å². The van der Waals surface area contributed by atoms with E-state index in [2.05, 4.69) is 15.6 Å². The molecule has 0 saturated heterocycles. The predicted molar refractivity (Wildman–Crippen MR) is 103 cm³/mol. The van der Waals surface area contributed by atoms with Gasteiger partial charge in [0.25, 0.3) is 11.8 Å². The fourth-order valence-electron chi connectivity index (χ4n) is 2.55. The molecule has 2 N–H and O–H groups in total. The lowest BCUT2D eigenvalue weighted by Gasteiger charge is -2.16. The minimum Gasteiger partial charge on any atom is -0.322 e. The van der Waals surface area contributed by atoms with E-state index in [1.54, 1.807) is 0 Å². The van der Waals surface area contributed by atoms with Gasteiger partial charge in [-0.15, -0.1) is 0 Å². The molecule has 2 amide bonds. The molecule has 1 aromatic heterocycles. The first-order chi connectivity index (χ1) is 14.1. The fraction of sp³-hybridized carbons (Fsp3) is 0.0500. The summed E-state index contributed by atoms with van der Waals surface area (Å²) in [5, 5.41) is 4.38. The Kier molecular flexibility index (Phi) is 6.02.